The van der Waals surface area contributed by atoms with Crippen LogP contribution in [0.4, 0.5) is 4.39 Å². The molecule has 110 valence electrons. The number of carboxylic acids is 1. The Bertz CT molecular complexity index is 665. The van der Waals surface area contributed by atoms with Gasteiger partial charge in [0.2, 0.25) is 0 Å². The molecule has 0 atom stereocenters. The summed E-state index contributed by atoms with van der Waals surface area (Å²) in [6.45, 7) is 0.358. The third kappa shape index (κ3) is 4.45. The van der Waals surface area contributed by atoms with Crippen molar-refractivity contribution >= 4 is 12.0 Å². The molecule has 1 N–H and O–H groups in total. The zero-order chi connectivity index (χ0) is 15.2. The molecule has 0 radical (unpaired) electrons. The van der Waals surface area contributed by atoms with Gasteiger partial charge in [-0.25, -0.2) is 14.2 Å². The zero-order valence-electron chi connectivity index (χ0n) is 11.5. The normalized spacial score (nSPS) is 11.0. The molecule has 6 heteroatoms. The lowest BCUT2D eigenvalue weighted by Gasteiger charge is -2.07. The minimum Gasteiger partial charge on any atom is -0.493 e. The molecule has 1 heterocycles. The number of rotatable bonds is 6. The van der Waals surface area contributed by atoms with Crippen LogP contribution in [0.2, 0.25) is 0 Å². The van der Waals surface area contributed by atoms with Gasteiger partial charge in [0.1, 0.15) is 17.4 Å². The number of hydrogen-bond acceptors (Lipinski definition) is 3. The molecule has 0 unspecified atom stereocenters. The van der Waals surface area contributed by atoms with Gasteiger partial charge in [-0.3, -0.25) is 0 Å². The number of halogens is 1. The highest BCUT2D eigenvalue weighted by molar-refractivity contribution is 5.85. The quantitative estimate of drug-likeness (QED) is 0.829. The van der Waals surface area contributed by atoms with Crippen LogP contribution in [0.3, 0.4) is 0 Å². The number of carboxylic acid groups (broad SMARTS) is 1. The molecule has 5 nitrogen and oxygen atoms in total. The standard InChI is InChI=1S/C15H15FN2O3/c1-18-6-5-17-14(18)4-7-21-13-9-11(2-3-15(19)20)8-12(16)10-13/h2-3,5-6,8-10H,4,7H2,1H3,(H,19,20)/b3-2+. The molecule has 0 bridgehead atoms. The maximum Gasteiger partial charge on any atom is 0.328 e. The minimum atomic E-state index is -1.09. The maximum atomic E-state index is 13.4. The second-order valence-electron chi connectivity index (χ2n) is 4.44. The summed E-state index contributed by atoms with van der Waals surface area (Å²) in [4.78, 5) is 14.6. The molecule has 0 aliphatic rings. The Kier molecular flexibility index (Phi) is 4.71. The Balaban J connectivity index is 1.99. The Morgan fingerprint density at radius 1 is 1.48 bits per heavy atom. The number of carbonyl (C=O) groups is 1. The van der Waals surface area contributed by atoms with Crippen molar-refractivity contribution in [2.24, 2.45) is 7.05 Å². The molecular formula is C15H15FN2O3. The molecule has 2 aromatic rings. The fraction of sp³-hybridized carbons (Fsp3) is 0.200. The number of aliphatic carboxylic acids is 1. The van der Waals surface area contributed by atoms with Crippen molar-refractivity contribution < 1.29 is 19.0 Å². The number of nitrogens with zero attached hydrogens (tertiary/aromatic N) is 2. The van der Waals surface area contributed by atoms with Crippen LogP contribution in [-0.2, 0) is 18.3 Å². The summed E-state index contributed by atoms with van der Waals surface area (Å²) in [6.07, 6.45) is 6.41. The Morgan fingerprint density at radius 2 is 2.29 bits per heavy atom. The van der Waals surface area contributed by atoms with Gasteiger partial charge in [0.15, 0.2) is 0 Å². The highest BCUT2D eigenvalue weighted by Crippen LogP contribution is 2.18. The van der Waals surface area contributed by atoms with Crippen molar-refractivity contribution in [3.8, 4) is 5.75 Å². The van der Waals surface area contributed by atoms with E-state index in [1.165, 1.54) is 18.2 Å². The van der Waals surface area contributed by atoms with E-state index < -0.39 is 11.8 Å². The first-order valence-electron chi connectivity index (χ1n) is 6.35. The van der Waals surface area contributed by atoms with Gasteiger partial charge in [-0.2, -0.15) is 0 Å². The topological polar surface area (TPSA) is 64.4 Å². The van der Waals surface area contributed by atoms with E-state index in [2.05, 4.69) is 4.98 Å². The van der Waals surface area contributed by atoms with E-state index in [0.717, 1.165) is 11.9 Å². The number of aryl methyl sites for hydroxylation is 1. The van der Waals surface area contributed by atoms with E-state index >= 15 is 0 Å². The van der Waals surface area contributed by atoms with Crippen LogP contribution in [0.25, 0.3) is 6.08 Å². The molecule has 2 rings (SSSR count). The van der Waals surface area contributed by atoms with Crippen molar-refractivity contribution in [2.45, 2.75) is 6.42 Å². The van der Waals surface area contributed by atoms with Crippen LogP contribution in [0, 0.1) is 5.82 Å². The first-order valence-corrected chi connectivity index (χ1v) is 6.35. The minimum absolute atomic E-state index is 0.356. The lowest BCUT2D eigenvalue weighted by Crippen LogP contribution is -2.06. The lowest BCUT2D eigenvalue weighted by atomic mass is 10.2. The molecule has 0 aliphatic carbocycles. The molecule has 0 amide bonds. The summed E-state index contributed by atoms with van der Waals surface area (Å²) in [7, 11) is 1.89. The first kappa shape index (κ1) is 14.8. The second kappa shape index (κ2) is 6.69. The van der Waals surface area contributed by atoms with Crippen molar-refractivity contribution in [2.75, 3.05) is 6.61 Å². The van der Waals surface area contributed by atoms with Crippen molar-refractivity contribution in [1.82, 2.24) is 9.55 Å². The maximum absolute atomic E-state index is 13.4. The zero-order valence-corrected chi connectivity index (χ0v) is 11.5. The summed E-state index contributed by atoms with van der Waals surface area (Å²) < 4.78 is 20.8. The number of ether oxygens (including phenoxy) is 1. The molecule has 1 aromatic carbocycles. The Labute approximate surface area is 121 Å². The van der Waals surface area contributed by atoms with Gasteiger partial charge in [0.05, 0.1) is 6.61 Å². The van der Waals surface area contributed by atoms with E-state index in [1.54, 1.807) is 12.3 Å². The average Bonchev–Trinajstić information content (AvgIpc) is 2.82. The Morgan fingerprint density at radius 3 is 2.95 bits per heavy atom. The van der Waals surface area contributed by atoms with Crippen molar-refractivity contribution in [3.63, 3.8) is 0 Å². The van der Waals surface area contributed by atoms with Gasteiger partial charge < -0.3 is 14.4 Å². The van der Waals surface area contributed by atoms with E-state index in [1.807, 2.05) is 17.8 Å². The fourth-order valence-corrected chi connectivity index (χ4v) is 1.83. The van der Waals surface area contributed by atoms with E-state index in [4.69, 9.17) is 9.84 Å². The predicted octanol–water partition coefficient (Wildman–Crippen LogP) is 2.28. The summed E-state index contributed by atoms with van der Waals surface area (Å²) in [5, 5.41) is 8.57. The molecule has 0 spiro atoms. The fourth-order valence-electron chi connectivity index (χ4n) is 1.83. The highest BCUT2D eigenvalue weighted by Gasteiger charge is 2.03. The Hall–Kier alpha value is -2.63. The van der Waals surface area contributed by atoms with Gasteiger partial charge in [0, 0.05) is 38.0 Å². The summed E-state index contributed by atoms with van der Waals surface area (Å²) >= 11 is 0. The van der Waals surface area contributed by atoms with Crippen LogP contribution < -0.4 is 4.74 Å². The largest absolute Gasteiger partial charge is 0.493 e. The smallest absolute Gasteiger partial charge is 0.328 e. The molecule has 0 aliphatic heterocycles. The van der Waals surface area contributed by atoms with E-state index in [9.17, 15) is 9.18 Å². The molecule has 0 saturated carbocycles. The monoisotopic (exact) mass is 290 g/mol. The van der Waals surface area contributed by atoms with Crippen LogP contribution in [0.1, 0.15) is 11.4 Å². The van der Waals surface area contributed by atoms with Crippen LogP contribution in [0.5, 0.6) is 5.75 Å². The number of hydrogen-bond donors (Lipinski definition) is 1. The number of aromatic nitrogens is 2. The molecular weight excluding hydrogens is 275 g/mol. The SMILES string of the molecule is Cn1ccnc1CCOc1cc(F)cc(/C=C/C(=O)O)c1. The predicted molar refractivity (Wildman–Crippen MR) is 75.5 cm³/mol. The number of benzene rings is 1. The molecule has 0 saturated heterocycles. The van der Waals surface area contributed by atoms with Gasteiger partial charge in [-0.15, -0.1) is 0 Å². The molecule has 21 heavy (non-hydrogen) atoms. The molecule has 1 aromatic heterocycles. The van der Waals surface area contributed by atoms with Gasteiger partial charge in [-0.1, -0.05) is 0 Å². The average molecular weight is 290 g/mol. The van der Waals surface area contributed by atoms with Crippen molar-refractivity contribution in [3.05, 3.63) is 53.9 Å². The third-order valence-electron chi connectivity index (χ3n) is 2.83. The summed E-state index contributed by atoms with van der Waals surface area (Å²) in [5.74, 6) is -0.335. The van der Waals surface area contributed by atoms with Gasteiger partial charge >= 0.3 is 5.97 Å². The third-order valence-corrected chi connectivity index (χ3v) is 2.83. The van der Waals surface area contributed by atoms with Crippen LogP contribution in [0.15, 0.2) is 36.7 Å². The number of imidazole rings is 1. The summed E-state index contributed by atoms with van der Waals surface area (Å²) in [5.41, 5.74) is 0.435. The highest BCUT2D eigenvalue weighted by atomic mass is 19.1. The second-order valence-corrected chi connectivity index (χ2v) is 4.44. The van der Waals surface area contributed by atoms with Gasteiger partial charge in [-0.05, 0) is 23.8 Å². The van der Waals surface area contributed by atoms with E-state index in [-0.39, 0.29) is 0 Å². The molecule has 0 fully saturated rings. The lowest BCUT2D eigenvalue weighted by molar-refractivity contribution is -0.131. The van der Waals surface area contributed by atoms with Crippen molar-refractivity contribution in [1.29, 1.82) is 0 Å². The van der Waals surface area contributed by atoms with Gasteiger partial charge in [0.25, 0.3) is 0 Å². The van der Waals surface area contributed by atoms with Crippen LogP contribution >= 0.6 is 0 Å². The van der Waals surface area contributed by atoms with E-state index in [0.29, 0.717) is 24.3 Å². The van der Waals surface area contributed by atoms with Crippen LogP contribution in [-0.4, -0.2) is 27.2 Å². The first-order chi connectivity index (χ1) is 10.0. The summed E-state index contributed by atoms with van der Waals surface area (Å²) in [6, 6.07) is 4.09.